The zero-order valence-corrected chi connectivity index (χ0v) is 16.0. The Morgan fingerprint density at radius 3 is 2.36 bits per heavy atom. The fourth-order valence-corrected chi connectivity index (χ4v) is 2.24. The van der Waals surface area contributed by atoms with Crippen molar-refractivity contribution in [2.24, 2.45) is 0 Å². The molecule has 0 aliphatic carbocycles. The lowest BCUT2D eigenvalue weighted by Gasteiger charge is -2.09. The van der Waals surface area contributed by atoms with E-state index in [1.165, 1.54) is 12.1 Å². The van der Waals surface area contributed by atoms with Gasteiger partial charge in [0.2, 0.25) is 0 Å². The highest BCUT2D eigenvalue weighted by molar-refractivity contribution is 6.32. The third-order valence-corrected chi connectivity index (χ3v) is 3.70. The molecule has 0 saturated heterocycles. The van der Waals surface area contributed by atoms with Crippen molar-refractivity contribution >= 4 is 35.1 Å². The molecule has 0 fully saturated rings. The lowest BCUT2D eigenvalue weighted by molar-refractivity contribution is -0.149. The number of benzene rings is 2. The summed E-state index contributed by atoms with van der Waals surface area (Å²) < 4.78 is 15.1. The van der Waals surface area contributed by atoms with Crippen LogP contribution in [0.4, 0.5) is 5.69 Å². The summed E-state index contributed by atoms with van der Waals surface area (Å²) >= 11 is 5.91. The summed E-state index contributed by atoms with van der Waals surface area (Å²) in [5.74, 6) is -1.30. The summed E-state index contributed by atoms with van der Waals surface area (Å²) in [6.45, 7) is 1.42. The van der Waals surface area contributed by atoms with Crippen molar-refractivity contribution in [1.82, 2.24) is 0 Å². The largest absolute Gasteiger partial charge is 0.480 e. The lowest BCUT2D eigenvalue weighted by atomic mass is 10.2. The Labute approximate surface area is 167 Å². The zero-order valence-electron chi connectivity index (χ0n) is 15.3. The van der Waals surface area contributed by atoms with E-state index in [1.807, 2.05) is 6.92 Å². The average Bonchev–Trinajstić information content (AvgIpc) is 2.70. The van der Waals surface area contributed by atoms with Gasteiger partial charge in [0.1, 0.15) is 5.75 Å². The number of hydrogen-bond donors (Lipinski definition) is 1. The molecule has 0 saturated carbocycles. The van der Waals surface area contributed by atoms with E-state index in [2.05, 4.69) is 5.32 Å². The molecule has 0 spiro atoms. The highest BCUT2D eigenvalue weighted by Crippen LogP contribution is 2.22. The summed E-state index contributed by atoms with van der Waals surface area (Å²) in [5.41, 5.74) is 0.843. The minimum Gasteiger partial charge on any atom is -0.480 e. The van der Waals surface area contributed by atoms with Crippen molar-refractivity contribution in [3.05, 3.63) is 59.1 Å². The van der Waals surface area contributed by atoms with Crippen molar-refractivity contribution < 1.29 is 28.6 Å². The number of halogens is 1. The second-order valence-corrected chi connectivity index (χ2v) is 6.05. The summed E-state index contributed by atoms with van der Waals surface area (Å²) in [4.78, 5) is 35.2. The molecular weight excluding hydrogens is 386 g/mol. The van der Waals surface area contributed by atoms with E-state index in [0.29, 0.717) is 28.6 Å². The number of carbonyl (C=O) groups is 3. The fraction of sp³-hybridized carbons (Fsp3) is 0.250. The molecule has 7 nitrogen and oxygen atoms in total. The van der Waals surface area contributed by atoms with Gasteiger partial charge in [-0.1, -0.05) is 30.7 Å². The molecule has 0 aromatic heterocycles. The number of rotatable bonds is 9. The third-order valence-electron chi connectivity index (χ3n) is 3.39. The second-order valence-electron chi connectivity index (χ2n) is 5.64. The van der Waals surface area contributed by atoms with Crippen LogP contribution in [0.15, 0.2) is 48.5 Å². The van der Waals surface area contributed by atoms with Gasteiger partial charge in [-0.25, -0.2) is 9.59 Å². The molecule has 28 heavy (non-hydrogen) atoms. The second kappa shape index (κ2) is 10.9. The molecule has 0 aliphatic rings. The SMILES string of the molecule is CCCOC(=O)c1ccc(NC(=O)COC(=O)COc2ccccc2Cl)cc1. The Hall–Kier alpha value is -3.06. The topological polar surface area (TPSA) is 90.9 Å². The molecule has 0 bridgehead atoms. The Balaban J connectivity index is 1.73. The first-order chi connectivity index (χ1) is 13.5. The van der Waals surface area contributed by atoms with Crippen LogP contribution >= 0.6 is 11.6 Å². The van der Waals surface area contributed by atoms with Crippen molar-refractivity contribution in [3.63, 3.8) is 0 Å². The maximum absolute atomic E-state index is 11.9. The zero-order chi connectivity index (χ0) is 20.4. The normalized spacial score (nSPS) is 10.1. The van der Waals surface area contributed by atoms with Crippen LogP contribution in [0.5, 0.6) is 5.75 Å². The monoisotopic (exact) mass is 405 g/mol. The predicted octanol–water partition coefficient (Wildman–Crippen LogP) is 3.47. The first-order valence-corrected chi connectivity index (χ1v) is 8.97. The maximum Gasteiger partial charge on any atom is 0.344 e. The third kappa shape index (κ3) is 6.92. The lowest BCUT2D eigenvalue weighted by Crippen LogP contribution is -2.23. The number of amides is 1. The van der Waals surface area contributed by atoms with Gasteiger partial charge in [0, 0.05) is 5.69 Å². The molecule has 0 heterocycles. The van der Waals surface area contributed by atoms with Crippen LogP contribution < -0.4 is 10.1 Å². The minimum atomic E-state index is -0.705. The van der Waals surface area contributed by atoms with E-state index in [0.717, 1.165) is 6.42 Å². The van der Waals surface area contributed by atoms with Gasteiger partial charge in [0.05, 0.1) is 17.2 Å². The molecule has 0 atom stereocenters. The number of hydrogen-bond acceptors (Lipinski definition) is 6. The number of ether oxygens (including phenoxy) is 3. The van der Waals surface area contributed by atoms with E-state index in [1.54, 1.807) is 36.4 Å². The Bertz CT molecular complexity index is 822. The molecule has 0 unspecified atom stereocenters. The van der Waals surface area contributed by atoms with Crippen molar-refractivity contribution in [2.75, 3.05) is 25.1 Å². The molecule has 0 radical (unpaired) electrons. The van der Waals surface area contributed by atoms with Crippen molar-refractivity contribution in [2.45, 2.75) is 13.3 Å². The number of esters is 2. The molecule has 2 aromatic rings. The van der Waals surface area contributed by atoms with Crippen LogP contribution in [0.1, 0.15) is 23.7 Å². The minimum absolute atomic E-state index is 0.350. The molecular formula is C20H20ClNO6. The van der Waals surface area contributed by atoms with Crippen LogP contribution in [0.25, 0.3) is 0 Å². The summed E-state index contributed by atoms with van der Waals surface area (Å²) in [6.07, 6.45) is 0.738. The van der Waals surface area contributed by atoms with Gasteiger partial charge >= 0.3 is 11.9 Å². The van der Waals surface area contributed by atoms with Crippen LogP contribution in [0.3, 0.4) is 0 Å². The van der Waals surface area contributed by atoms with Crippen molar-refractivity contribution in [1.29, 1.82) is 0 Å². The van der Waals surface area contributed by atoms with E-state index in [-0.39, 0.29) is 6.61 Å². The van der Waals surface area contributed by atoms with Crippen LogP contribution in [0.2, 0.25) is 5.02 Å². The number of para-hydroxylation sites is 1. The molecule has 0 aliphatic heterocycles. The van der Waals surface area contributed by atoms with Gasteiger partial charge in [-0.05, 0) is 42.8 Å². The Morgan fingerprint density at radius 2 is 1.68 bits per heavy atom. The van der Waals surface area contributed by atoms with Gasteiger partial charge in [0.25, 0.3) is 5.91 Å². The summed E-state index contributed by atoms with van der Waals surface area (Å²) in [7, 11) is 0. The van der Waals surface area contributed by atoms with Crippen LogP contribution in [0, 0.1) is 0 Å². The van der Waals surface area contributed by atoms with Gasteiger partial charge < -0.3 is 19.5 Å². The van der Waals surface area contributed by atoms with Gasteiger partial charge in [-0.3, -0.25) is 4.79 Å². The highest BCUT2D eigenvalue weighted by atomic mass is 35.5. The summed E-state index contributed by atoms with van der Waals surface area (Å²) in [5, 5.41) is 2.93. The van der Waals surface area contributed by atoms with Crippen LogP contribution in [-0.4, -0.2) is 37.7 Å². The number of nitrogens with one attached hydrogen (secondary N) is 1. The predicted molar refractivity (Wildman–Crippen MR) is 104 cm³/mol. The molecule has 1 amide bonds. The smallest absolute Gasteiger partial charge is 0.344 e. The van der Waals surface area contributed by atoms with Gasteiger partial charge in [0.15, 0.2) is 13.2 Å². The van der Waals surface area contributed by atoms with E-state index < -0.39 is 24.5 Å². The molecule has 2 aromatic carbocycles. The van der Waals surface area contributed by atoms with E-state index >= 15 is 0 Å². The van der Waals surface area contributed by atoms with Gasteiger partial charge in [-0.2, -0.15) is 0 Å². The Morgan fingerprint density at radius 1 is 0.964 bits per heavy atom. The quantitative estimate of drug-likeness (QED) is 0.642. The van der Waals surface area contributed by atoms with E-state index in [9.17, 15) is 14.4 Å². The first-order valence-electron chi connectivity index (χ1n) is 8.59. The first kappa shape index (κ1) is 21.2. The van der Waals surface area contributed by atoms with E-state index in [4.69, 9.17) is 25.8 Å². The molecule has 148 valence electrons. The molecule has 1 N–H and O–H groups in total. The number of carbonyl (C=O) groups excluding carboxylic acids is 3. The molecule has 8 heteroatoms. The standard InChI is InChI=1S/C20H20ClNO6/c1-2-11-26-20(25)14-7-9-15(10-8-14)22-18(23)12-28-19(24)13-27-17-6-4-3-5-16(17)21/h3-10H,2,11-13H2,1H3,(H,22,23). The van der Waals surface area contributed by atoms with Gasteiger partial charge in [-0.15, -0.1) is 0 Å². The Kier molecular flexibility index (Phi) is 8.30. The maximum atomic E-state index is 11.9. The van der Waals surface area contributed by atoms with Crippen LogP contribution in [-0.2, 0) is 19.1 Å². The fourth-order valence-electron chi connectivity index (χ4n) is 2.05. The van der Waals surface area contributed by atoms with Crippen molar-refractivity contribution in [3.8, 4) is 5.75 Å². The summed E-state index contributed by atoms with van der Waals surface area (Å²) in [6, 6.07) is 12.9. The average molecular weight is 406 g/mol. The number of anilines is 1. The molecule has 2 rings (SSSR count). The highest BCUT2D eigenvalue weighted by Gasteiger charge is 2.11.